The smallest absolute Gasteiger partial charge is 0.287 e. The maximum Gasteiger partial charge on any atom is 0.287 e. The summed E-state index contributed by atoms with van der Waals surface area (Å²) in [6, 6.07) is 0.0534. The van der Waals surface area contributed by atoms with Crippen molar-refractivity contribution in [3.05, 3.63) is 0 Å². The summed E-state index contributed by atoms with van der Waals surface area (Å²) in [6.45, 7) is 3.74. The lowest BCUT2D eigenvalue weighted by atomic mass is 10.4. The molecule has 12 heavy (non-hydrogen) atoms. The molecule has 66 valence electrons. The van der Waals surface area contributed by atoms with E-state index >= 15 is 0 Å². The van der Waals surface area contributed by atoms with Gasteiger partial charge in [0.25, 0.3) is 5.91 Å². The van der Waals surface area contributed by atoms with Crippen LogP contribution in [0.5, 0.6) is 0 Å². The molecule has 0 aromatic heterocycles. The Labute approximate surface area is 70.2 Å². The average molecular weight is 169 g/mol. The zero-order valence-electron chi connectivity index (χ0n) is 7.05. The number of hydrogen-bond acceptors (Lipinski definition) is 3. The van der Waals surface area contributed by atoms with Gasteiger partial charge in [-0.1, -0.05) is 0 Å². The lowest BCUT2D eigenvalue weighted by molar-refractivity contribution is -0.119. The van der Waals surface area contributed by atoms with Crippen LogP contribution >= 0.6 is 0 Å². The zero-order valence-corrected chi connectivity index (χ0v) is 7.05. The molecule has 5 heteroatoms. The third-order valence-corrected chi connectivity index (χ3v) is 1.27. The molecule has 0 bridgehead atoms. The first kappa shape index (κ1) is 8.70. The fourth-order valence-corrected chi connectivity index (χ4v) is 0.821. The van der Waals surface area contributed by atoms with Gasteiger partial charge in [-0.3, -0.25) is 14.6 Å². The number of carbonyl (C=O) groups excluding carboxylic acids is 2. The van der Waals surface area contributed by atoms with Crippen LogP contribution in [0.15, 0.2) is 4.99 Å². The summed E-state index contributed by atoms with van der Waals surface area (Å²) in [5.74, 6) is -0.437. The minimum Gasteiger partial charge on any atom is -0.347 e. The Kier molecular flexibility index (Phi) is 2.42. The van der Waals surface area contributed by atoms with Gasteiger partial charge in [-0.25, -0.2) is 0 Å². The third-order valence-electron chi connectivity index (χ3n) is 1.27. The molecule has 1 aliphatic heterocycles. The van der Waals surface area contributed by atoms with Gasteiger partial charge in [-0.15, -0.1) is 0 Å². The van der Waals surface area contributed by atoms with Crippen molar-refractivity contribution in [1.82, 2.24) is 10.6 Å². The van der Waals surface area contributed by atoms with E-state index < -0.39 is 0 Å². The van der Waals surface area contributed by atoms with Gasteiger partial charge < -0.3 is 10.6 Å². The van der Waals surface area contributed by atoms with Crippen molar-refractivity contribution in [2.24, 2.45) is 4.99 Å². The normalized spacial score (nSPS) is 15.9. The summed E-state index contributed by atoms with van der Waals surface area (Å²) in [5, 5.41) is 4.98. The predicted molar refractivity (Wildman–Crippen MR) is 43.7 cm³/mol. The van der Waals surface area contributed by atoms with Crippen LogP contribution in [0.2, 0.25) is 0 Å². The molecular weight excluding hydrogens is 158 g/mol. The molecule has 0 saturated heterocycles. The number of aliphatic imine (C=N–C) groups is 1. The maximum absolute atomic E-state index is 11.1. The van der Waals surface area contributed by atoms with E-state index in [-0.39, 0.29) is 30.2 Å². The molecule has 0 unspecified atom stereocenters. The van der Waals surface area contributed by atoms with E-state index in [1.807, 2.05) is 13.8 Å². The quantitative estimate of drug-likeness (QED) is 0.559. The molecule has 0 saturated carbocycles. The van der Waals surface area contributed by atoms with E-state index in [4.69, 9.17) is 0 Å². The standard InChI is InChI=1S/C7H11N3O2/c1-4(2)9-7(12)6-8-3-5(11)10-6/h4H,3H2,1-2H3,(H,9,12)(H,8,10,11). The Balaban J connectivity index is 2.49. The van der Waals surface area contributed by atoms with Crippen LogP contribution in [0.4, 0.5) is 0 Å². The van der Waals surface area contributed by atoms with Crippen molar-refractivity contribution in [2.75, 3.05) is 6.54 Å². The number of rotatable bonds is 2. The lowest BCUT2D eigenvalue weighted by Crippen LogP contribution is -2.42. The van der Waals surface area contributed by atoms with E-state index in [1.54, 1.807) is 0 Å². The molecule has 0 fully saturated rings. The van der Waals surface area contributed by atoms with Gasteiger partial charge >= 0.3 is 0 Å². The van der Waals surface area contributed by atoms with Crippen molar-refractivity contribution >= 4 is 17.6 Å². The van der Waals surface area contributed by atoms with Crippen LogP contribution < -0.4 is 10.6 Å². The Morgan fingerprint density at radius 3 is 2.75 bits per heavy atom. The molecule has 1 aliphatic rings. The van der Waals surface area contributed by atoms with Gasteiger partial charge in [0.2, 0.25) is 5.91 Å². The highest BCUT2D eigenvalue weighted by Gasteiger charge is 2.20. The summed E-state index contributed by atoms with van der Waals surface area (Å²) in [5.41, 5.74) is 0. The molecule has 5 nitrogen and oxygen atoms in total. The van der Waals surface area contributed by atoms with Crippen LogP contribution in [0, 0.1) is 0 Å². The van der Waals surface area contributed by atoms with Gasteiger partial charge in [0, 0.05) is 6.04 Å². The van der Waals surface area contributed by atoms with Gasteiger partial charge in [0.15, 0.2) is 5.84 Å². The SMILES string of the molecule is CC(C)NC(=O)C1=NCC(=O)N1. The van der Waals surface area contributed by atoms with E-state index in [0.29, 0.717) is 0 Å². The van der Waals surface area contributed by atoms with Crippen molar-refractivity contribution in [3.8, 4) is 0 Å². The predicted octanol–water partition coefficient (Wildman–Crippen LogP) is -0.961. The van der Waals surface area contributed by atoms with Gasteiger partial charge in [0.1, 0.15) is 6.54 Å². The van der Waals surface area contributed by atoms with Gasteiger partial charge in [-0.05, 0) is 13.8 Å². The Morgan fingerprint density at radius 2 is 2.33 bits per heavy atom. The highest BCUT2D eigenvalue weighted by Crippen LogP contribution is 1.88. The first-order valence-corrected chi connectivity index (χ1v) is 3.75. The first-order chi connectivity index (χ1) is 5.59. The number of carbonyl (C=O) groups is 2. The summed E-state index contributed by atoms with van der Waals surface area (Å²) in [6.07, 6.45) is 0. The van der Waals surface area contributed by atoms with Gasteiger partial charge in [0.05, 0.1) is 0 Å². The van der Waals surface area contributed by atoms with E-state index in [0.717, 1.165) is 0 Å². The molecule has 0 aromatic rings. The number of nitrogens with zero attached hydrogens (tertiary/aromatic N) is 1. The fourth-order valence-electron chi connectivity index (χ4n) is 0.821. The number of amides is 2. The lowest BCUT2D eigenvalue weighted by Gasteiger charge is -2.06. The van der Waals surface area contributed by atoms with E-state index in [9.17, 15) is 9.59 Å². The second-order valence-electron chi connectivity index (χ2n) is 2.84. The second-order valence-corrected chi connectivity index (χ2v) is 2.84. The van der Waals surface area contributed by atoms with Crippen molar-refractivity contribution in [1.29, 1.82) is 0 Å². The minimum absolute atomic E-state index is 0.0534. The molecule has 1 rings (SSSR count). The largest absolute Gasteiger partial charge is 0.347 e. The summed E-state index contributed by atoms with van der Waals surface area (Å²) >= 11 is 0. The molecule has 2 N–H and O–H groups in total. The Morgan fingerprint density at radius 1 is 1.67 bits per heavy atom. The topological polar surface area (TPSA) is 70.6 Å². The summed E-state index contributed by atoms with van der Waals surface area (Å²) in [7, 11) is 0. The number of hydrogen-bond donors (Lipinski definition) is 2. The molecule has 0 aliphatic carbocycles. The van der Waals surface area contributed by atoms with Crippen LogP contribution in [0.25, 0.3) is 0 Å². The number of amidine groups is 1. The maximum atomic E-state index is 11.1. The molecule has 0 atom stereocenters. The monoisotopic (exact) mass is 169 g/mol. The van der Waals surface area contributed by atoms with Crippen LogP contribution in [0.3, 0.4) is 0 Å². The molecular formula is C7H11N3O2. The second kappa shape index (κ2) is 3.34. The molecule has 0 radical (unpaired) electrons. The average Bonchev–Trinajstić information content (AvgIpc) is 2.34. The molecule has 0 aromatic carbocycles. The highest BCUT2D eigenvalue weighted by molar-refractivity contribution is 6.42. The van der Waals surface area contributed by atoms with Crippen LogP contribution in [-0.2, 0) is 9.59 Å². The van der Waals surface area contributed by atoms with E-state index in [2.05, 4.69) is 15.6 Å². The minimum atomic E-state index is -0.323. The van der Waals surface area contributed by atoms with Crippen molar-refractivity contribution in [2.45, 2.75) is 19.9 Å². The molecule has 0 spiro atoms. The first-order valence-electron chi connectivity index (χ1n) is 3.75. The van der Waals surface area contributed by atoms with Gasteiger partial charge in [-0.2, -0.15) is 0 Å². The van der Waals surface area contributed by atoms with Crippen molar-refractivity contribution < 1.29 is 9.59 Å². The fraction of sp³-hybridized carbons (Fsp3) is 0.571. The molecule has 2 amide bonds. The van der Waals surface area contributed by atoms with E-state index in [1.165, 1.54) is 0 Å². The number of nitrogens with one attached hydrogen (secondary N) is 2. The van der Waals surface area contributed by atoms with Crippen LogP contribution in [0.1, 0.15) is 13.8 Å². The summed E-state index contributed by atoms with van der Waals surface area (Å²) < 4.78 is 0. The Bertz CT molecular complexity index is 245. The zero-order chi connectivity index (χ0) is 9.14. The Hall–Kier alpha value is -1.39. The third kappa shape index (κ3) is 2.05. The summed E-state index contributed by atoms with van der Waals surface area (Å²) in [4.78, 5) is 25.5. The molecule has 1 heterocycles. The van der Waals surface area contributed by atoms with Crippen molar-refractivity contribution in [3.63, 3.8) is 0 Å². The van der Waals surface area contributed by atoms with Crippen LogP contribution in [-0.4, -0.2) is 30.2 Å². The highest BCUT2D eigenvalue weighted by atomic mass is 16.2.